The van der Waals surface area contributed by atoms with Crippen molar-refractivity contribution in [1.29, 1.82) is 5.26 Å². The van der Waals surface area contributed by atoms with Gasteiger partial charge >= 0.3 is 6.18 Å². The number of aromatic nitrogens is 1. The summed E-state index contributed by atoms with van der Waals surface area (Å²) in [5.74, 6) is -0.265. The predicted molar refractivity (Wildman–Crippen MR) is 98.8 cm³/mol. The van der Waals surface area contributed by atoms with Crippen LogP contribution in [-0.4, -0.2) is 50.8 Å². The predicted octanol–water partition coefficient (Wildman–Crippen LogP) is 3.29. The first kappa shape index (κ1) is 19.7. The van der Waals surface area contributed by atoms with E-state index >= 15 is 0 Å². The topological polar surface area (TPSA) is 69.3 Å². The molecule has 0 amide bonds. The highest BCUT2D eigenvalue weighted by Gasteiger charge is 2.71. The molecule has 152 valence electrons. The molecular formula is C21H20F3N3O2. The fraction of sp³-hybridized carbons (Fsp3) is 0.429. The number of Topliss-reactive ketones (excluding diaryl/α,β-unsaturated/α-hetero) is 1. The maximum atomic E-state index is 13.2. The van der Waals surface area contributed by atoms with Crippen LogP contribution >= 0.6 is 0 Å². The van der Waals surface area contributed by atoms with Crippen LogP contribution in [0.25, 0.3) is 5.69 Å². The number of hydrogen-bond acceptors (Lipinski definition) is 4. The maximum Gasteiger partial charge on any atom is 0.418 e. The molecule has 1 aliphatic carbocycles. The minimum atomic E-state index is -4.70. The summed E-state index contributed by atoms with van der Waals surface area (Å²) in [6.07, 6.45) is -4.82. The first-order chi connectivity index (χ1) is 13.6. The molecule has 0 radical (unpaired) electrons. The molecule has 1 aromatic heterocycles. The van der Waals surface area contributed by atoms with Gasteiger partial charge in [-0.25, -0.2) is 0 Å². The second-order valence-corrected chi connectivity index (χ2v) is 7.91. The molecule has 3 fully saturated rings. The number of hydrogen-bond donors (Lipinski definition) is 1. The van der Waals surface area contributed by atoms with Gasteiger partial charge in [-0.05, 0) is 50.6 Å². The molecule has 2 saturated heterocycles. The molecule has 5 nitrogen and oxygen atoms in total. The van der Waals surface area contributed by atoms with E-state index in [1.807, 2.05) is 11.5 Å². The molecule has 3 aliphatic rings. The molecular weight excluding hydrogens is 383 g/mol. The van der Waals surface area contributed by atoms with Gasteiger partial charge in [-0.3, -0.25) is 9.69 Å². The van der Waals surface area contributed by atoms with E-state index in [1.54, 1.807) is 37.3 Å². The third-order valence-corrected chi connectivity index (χ3v) is 6.27. The standard InChI is InChI=1S/C21H20F3N3O2/c1-12-7-17(13(2)27(12)15-5-3-14(10-25)4-6-15)18(28)11-26-16-8-19(26)20(29,9-16)21(22,23)24/h3-7,16,19,29H,8-9,11H2,1-2H3/t16?,19?,20-/m0/s1. The van der Waals surface area contributed by atoms with E-state index in [0.29, 0.717) is 16.8 Å². The van der Waals surface area contributed by atoms with E-state index in [2.05, 4.69) is 6.07 Å². The Morgan fingerprint density at radius 1 is 1.31 bits per heavy atom. The van der Waals surface area contributed by atoms with E-state index < -0.39 is 23.9 Å². The van der Waals surface area contributed by atoms with Crippen molar-refractivity contribution in [2.45, 2.75) is 50.6 Å². The van der Waals surface area contributed by atoms with Crippen molar-refractivity contribution < 1.29 is 23.1 Å². The van der Waals surface area contributed by atoms with Crippen LogP contribution in [0.3, 0.4) is 0 Å². The number of nitrogens with zero attached hydrogens (tertiary/aromatic N) is 3. The van der Waals surface area contributed by atoms with Gasteiger partial charge in [0.05, 0.1) is 18.2 Å². The number of carbonyl (C=O) groups is 1. The van der Waals surface area contributed by atoms with Crippen LogP contribution in [0.15, 0.2) is 30.3 Å². The number of aryl methyl sites for hydroxylation is 1. The molecule has 5 rings (SSSR count). The Balaban J connectivity index is 1.56. The monoisotopic (exact) mass is 403 g/mol. The zero-order valence-corrected chi connectivity index (χ0v) is 16.0. The Bertz CT molecular complexity index is 1020. The average Bonchev–Trinajstić information content (AvgIpc) is 3.27. The number of halogens is 3. The molecule has 2 aliphatic heterocycles. The third-order valence-electron chi connectivity index (χ3n) is 6.27. The van der Waals surface area contributed by atoms with Crippen LogP contribution in [0.1, 0.15) is 40.2 Å². The fourth-order valence-electron chi connectivity index (χ4n) is 4.73. The lowest BCUT2D eigenvalue weighted by Crippen LogP contribution is -2.59. The highest BCUT2D eigenvalue weighted by molar-refractivity contribution is 5.99. The summed E-state index contributed by atoms with van der Waals surface area (Å²) in [5.41, 5.74) is 0.558. The van der Waals surface area contributed by atoms with E-state index in [4.69, 9.17) is 5.26 Å². The number of alkyl halides is 3. The van der Waals surface area contributed by atoms with Crippen molar-refractivity contribution in [3.05, 3.63) is 52.8 Å². The first-order valence-electron chi connectivity index (χ1n) is 9.34. The number of benzene rings is 1. The van der Waals surface area contributed by atoms with Crippen LogP contribution in [-0.2, 0) is 0 Å². The van der Waals surface area contributed by atoms with Crippen molar-refractivity contribution in [3.8, 4) is 11.8 Å². The third kappa shape index (κ3) is 2.88. The molecule has 1 saturated carbocycles. The average molecular weight is 403 g/mol. The molecule has 29 heavy (non-hydrogen) atoms. The van der Waals surface area contributed by atoms with E-state index in [-0.39, 0.29) is 25.2 Å². The summed E-state index contributed by atoms with van der Waals surface area (Å²) in [6.45, 7) is 3.48. The minimum Gasteiger partial charge on any atom is -0.379 e. The second kappa shape index (κ2) is 6.44. The Morgan fingerprint density at radius 3 is 2.52 bits per heavy atom. The largest absolute Gasteiger partial charge is 0.418 e. The number of aliphatic hydroxyl groups is 1. The molecule has 2 bridgehead atoms. The summed E-state index contributed by atoms with van der Waals surface area (Å²) in [6, 6.07) is 9.25. The lowest BCUT2D eigenvalue weighted by molar-refractivity contribution is -0.265. The summed E-state index contributed by atoms with van der Waals surface area (Å²) in [5, 5.41) is 19.0. The van der Waals surface area contributed by atoms with Gasteiger partial charge in [-0.15, -0.1) is 0 Å². The number of rotatable bonds is 4. The van der Waals surface area contributed by atoms with Crippen molar-refractivity contribution in [2.75, 3.05) is 6.54 Å². The summed E-state index contributed by atoms with van der Waals surface area (Å²) < 4.78 is 41.6. The van der Waals surface area contributed by atoms with Gasteiger partial charge in [0.1, 0.15) is 0 Å². The minimum absolute atomic E-state index is 0.147. The molecule has 2 aromatic rings. The highest BCUT2D eigenvalue weighted by Crippen LogP contribution is 2.54. The summed E-state index contributed by atoms with van der Waals surface area (Å²) in [7, 11) is 0. The van der Waals surface area contributed by atoms with Gasteiger partial charge in [-0.1, -0.05) is 0 Å². The highest BCUT2D eigenvalue weighted by atomic mass is 19.4. The van der Waals surface area contributed by atoms with Crippen LogP contribution in [0, 0.1) is 25.2 Å². The zero-order valence-electron chi connectivity index (χ0n) is 16.0. The number of fused-ring (bicyclic) bond motifs is 1. The molecule has 0 spiro atoms. The van der Waals surface area contributed by atoms with Crippen LogP contribution in [0.5, 0.6) is 0 Å². The molecule has 3 heterocycles. The maximum absolute atomic E-state index is 13.2. The molecule has 8 heteroatoms. The van der Waals surface area contributed by atoms with Crippen LogP contribution < -0.4 is 0 Å². The van der Waals surface area contributed by atoms with Crippen molar-refractivity contribution in [3.63, 3.8) is 0 Å². The Hall–Kier alpha value is -2.63. The molecule has 1 aromatic carbocycles. The van der Waals surface area contributed by atoms with E-state index in [0.717, 1.165) is 11.4 Å². The smallest absolute Gasteiger partial charge is 0.379 e. The van der Waals surface area contributed by atoms with Crippen molar-refractivity contribution >= 4 is 5.78 Å². The van der Waals surface area contributed by atoms with Crippen LogP contribution in [0.4, 0.5) is 13.2 Å². The van der Waals surface area contributed by atoms with Crippen LogP contribution in [0.2, 0.25) is 0 Å². The zero-order chi connectivity index (χ0) is 21.1. The number of nitriles is 1. The normalized spacial score (nSPS) is 26.2. The SMILES string of the molecule is Cc1cc(C(=O)CN2C3CC2[C@](O)(C(F)(F)F)C3)c(C)n1-c1ccc(C#N)cc1. The number of ketones is 1. The molecule has 1 N–H and O–H groups in total. The van der Waals surface area contributed by atoms with Gasteiger partial charge in [-0.2, -0.15) is 18.4 Å². The Kier molecular flexibility index (Phi) is 4.37. The van der Waals surface area contributed by atoms with Gasteiger partial charge in [0.25, 0.3) is 0 Å². The van der Waals surface area contributed by atoms with Gasteiger partial charge in [0.15, 0.2) is 11.4 Å². The second-order valence-electron chi connectivity index (χ2n) is 7.91. The van der Waals surface area contributed by atoms with Crippen molar-refractivity contribution in [2.24, 2.45) is 0 Å². The van der Waals surface area contributed by atoms with E-state index in [1.165, 1.54) is 4.90 Å². The first-order valence-corrected chi connectivity index (χ1v) is 9.34. The Morgan fingerprint density at radius 2 is 1.97 bits per heavy atom. The van der Waals surface area contributed by atoms with E-state index in [9.17, 15) is 23.1 Å². The quantitative estimate of drug-likeness (QED) is 0.796. The lowest BCUT2D eigenvalue weighted by Gasteiger charge is -2.42. The lowest BCUT2D eigenvalue weighted by atomic mass is 9.94. The molecule has 2 unspecified atom stereocenters. The summed E-state index contributed by atoms with van der Waals surface area (Å²) >= 11 is 0. The number of carbonyl (C=O) groups excluding carboxylic acids is 1. The van der Waals surface area contributed by atoms with Gasteiger partial charge in [0, 0.05) is 41.1 Å². The van der Waals surface area contributed by atoms with Gasteiger partial charge < -0.3 is 9.67 Å². The molecule has 3 atom stereocenters. The fourth-order valence-corrected chi connectivity index (χ4v) is 4.73. The summed E-state index contributed by atoms with van der Waals surface area (Å²) in [4.78, 5) is 14.4. The Labute approximate surface area is 166 Å². The van der Waals surface area contributed by atoms with Crippen molar-refractivity contribution in [1.82, 2.24) is 9.47 Å². The van der Waals surface area contributed by atoms with Gasteiger partial charge in [0.2, 0.25) is 0 Å².